The summed E-state index contributed by atoms with van der Waals surface area (Å²) >= 11 is 1.50. The van der Waals surface area contributed by atoms with Crippen molar-refractivity contribution in [1.82, 2.24) is 24.4 Å². The summed E-state index contributed by atoms with van der Waals surface area (Å²) in [6.07, 6.45) is 3.52. The Morgan fingerprint density at radius 1 is 1.19 bits per heavy atom. The summed E-state index contributed by atoms with van der Waals surface area (Å²) in [6, 6.07) is 9.88. The van der Waals surface area contributed by atoms with Gasteiger partial charge in [-0.25, -0.2) is 0 Å². The molecule has 8 nitrogen and oxygen atoms in total. The highest BCUT2D eigenvalue weighted by molar-refractivity contribution is 7.99. The van der Waals surface area contributed by atoms with E-state index in [1.54, 1.807) is 0 Å². The van der Waals surface area contributed by atoms with E-state index in [-0.39, 0.29) is 6.17 Å². The monoisotopic (exact) mass is 406 g/mol. The third-order valence-electron chi connectivity index (χ3n) is 4.75. The van der Waals surface area contributed by atoms with Crippen LogP contribution in [0.2, 0.25) is 0 Å². The Morgan fingerprint density at radius 3 is 2.81 bits per heavy atom. The molecule has 0 spiro atoms. The molecule has 1 N–H and O–H groups in total. The van der Waals surface area contributed by atoms with Crippen LogP contribution in [0.1, 0.15) is 25.7 Å². The van der Waals surface area contributed by atoms with Gasteiger partial charge in [-0.3, -0.25) is 0 Å². The van der Waals surface area contributed by atoms with Crippen molar-refractivity contribution in [2.24, 2.45) is 11.4 Å². The Balaban J connectivity index is 1.51. The van der Waals surface area contributed by atoms with Gasteiger partial charge in [0.05, 0.1) is 0 Å². The van der Waals surface area contributed by atoms with Crippen LogP contribution in [0.4, 0.5) is 0 Å². The Kier molecular flexibility index (Phi) is 5.20. The number of fused-ring (bicyclic) bond motifs is 1. The number of nitrogens with zero attached hydrogens (tertiary/aromatic N) is 5. The van der Waals surface area contributed by atoms with E-state index in [2.05, 4.69) is 24.2 Å². The maximum atomic E-state index is 12.1. The fraction of sp³-hybridized carbons (Fsp3) is 0.471. The first kappa shape index (κ1) is 18.5. The van der Waals surface area contributed by atoms with Crippen molar-refractivity contribution >= 4 is 27.8 Å². The van der Waals surface area contributed by atoms with E-state index >= 15 is 0 Å². The zero-order valence-electron chi connectivity index (χ0n) is 15.1. The smallest absolute Gasteiger partial charge is 0.323 e. The van der Waals surface area contributed by atoms with Crippen molar-refractivity contribution in [1.29, 1.82) is 0 Å². The van der Waals surface area contributed by atoms with Gasteiger partial charge in [-0.1, -0.05) is 48.5 Å². The second kappa shape index (κ2) is 7.61. The van der Waals surface area contributed by atoms with E-state index in [4.69, 9.17) is 0 Å². The lowest BCUT2D eigenvalue weighted by Crippen LogP contribution is -2.55. The summed E-state index contributed by atoms with van der Waals surface area (Å²) in [5.74, 6) is 2.01. The lowest BCUT2D eigenvalue weighted by molar-refractivity contribution is 0.310. The first-order chi connectivity index (χ1) is 13.0. The molecule has 10 heteroatoms. The topological polar surface area (TPSA) is 92.5 Å². The van der Waals surface area contributed by atoms with Crippen LogP contribution < -0.4 is 4.72 Å². The Labute approximate surface area is 163 Å². The van der Waals surface area contributed by atoms with Gasteiger partial charge in [-0.15, -0.1) is 14.6 Å². The third kappa shape index (κ3) is 4.02. The van der Waals surface area contributed by atoms with Crippen LogP contribution in [-0.4, -0.2) is 52.4 Å². The number of rotatable bonds is 4. The minimum absolute atomic E-state index is 0.317. The number of amidine groups is 1. The highest BCUT2D eigenvalue weighted by atomic mass is 32.2. The summed E-state index contributed by atoms with van der Waals surface area (Å²) in [4.78, 5) is 2.09. The fourth-order valence-corrected chi connectivity index (χ4v) is 5.54. The van der Waals surface area contributed by atoms with Gasteiger partial charge in [0, 0.05) is 31.3 Å². The summed E-state index contributed by atoms with van der Waals surface area (Å²) in [7, 11) is -1.71. The molecule has 1 fully saturated rings. The van der Waals surface area contributed by atoms with Crippen LogP contribution >= 0.6 is 11.8 Å². The number of hydrogen-bond acceptors (Lipinski definition) is 6. The minimum Gasteiger partial charge on any atom is -0.342 e. The molecular formula is C17H22N6O2S2. The molecule has 1 atom stereocenters. The zero-order chi connectivity index (χ0) is 18.9. The normalized spacial score (nSPS) is 22.0. The van der Waals surface area contributed by atoms with E-state index in [9.17, 15) is 8.42 Å². The molecule has 1 aromatic heterocycles. The molecule has 0 radical (unpaired) electrons. The van der Waals surface area contributed by atoms with Gasteiger partial charge in [0.1, 0.15) is 12.0 Å². The molecule has 4 rings (SSSR count). The van der Waals surface area contributed by atoms with Crippen molar-refractivity contribution in [3.63, 3.8) is 0 Å². The summed E-state index contributed by atoms with van der Waals surface area (Å²) in [5.41, 5.74) is 1.000. The van der Waals surface area contributed by atoms with Crippen LogP contribution in [-0.2, 0) is 17.3 Å². The second-order valence-electron chi connectivity index (χ2n) is 6.66. The van der Waals surface area contributed by atoms with Gasteiger partial charge in [0.25, 0.3) is 0 Å². The predicted octanol–water partition coefficient (Wildman–Crippen LogP) is 2.02. The van der Waals surface area contributed by atoms with Crippen molar-refractivity contribution < 1.29 is 8.42 Å². The summed E-state index contributed by atoms with van der Waals surface area (Å²) in [6.45, 7) is 0.820. The number of benzene rings is 1. The first-order valence-corrected chi connectivity index (χ1v) is 11.4. The molecule has 1 unspecified atom stereocenters. The third-order valence-corrected chi connectivity index (χ3v) is 6.87. The highest BCUT2D eigenvalue weighted by Gasteiger charge is 2.33. The first-order valence-electron chi connectivity index (χ1n) is 8.99. The molecular weight excluding hydrogens is 384 g/mol. The molecule has 0 amide bonds. The van der Waals surface area contributed by atoms with Crippen LogP contribution in [0.15, 0.2) is 39.9 Å². The summed E-state index contributed by atoms with van der Waals surface area (Å²) in [5, 5.41) is 9.33. The molecule has 144 valence electrons. The van der Waals surface area contributed by atoms with Gasteiger partial charge in [-0.2, -0.15) is 13.1 Å². The largest absolute Gasteiger partial charge is 0.342 e. The minimum atomic E-state index is -3.63. The Morgan fingerprint density at radius 2 is 2.00 bits per heavy atom. The van der Waals surface area contributed by atoms with Crippen molar-refractivity contribution in [2.75, 3.05) is 12.3 Å². The van der Waals surface area contributed by atoms with Crippen molar-refractivity contribution in [2.45, 2.75) is 37.0 Å². The highest BCUT2D eigenvalue weighted by Crippen LogP contribution is 2.26. The van der Waals surface area contributed by atoms with Gasteiger partial charge in [0.2, 0.25) is 0 Å². The van der Waals surface area contributed by atoms with Crippen molar-refractivity contribution in [3.05, 3.63) is 30.3 Å². The van der Waals surface area contributed by atoms with Crippen LogP contribution in [0.25, 0.3) is 11.4 Å². The number of nitrogens with one attached hydrogen (secondary N) is 1. The van der Waals surface area contributed by atoms with E-state index in [1.165, 1.54) is 11.8 Å². The van der Waals surface area contributed by atoms with E-state index in [0.29, 0.717) is 18.0 Å². The predicted molar refractivity (Wildman–Crippen MR) is 106 cm³/mol. The molecule has 2 aromatic rings. The lowest BCUT2D eigenvalue weighted by Gasteiger charge is -2.35. The van der Waals surface area contributed by atoms with Crippen LogP contribution in [0, 0.1) is 0 Å². The van der Waals surface area contributed by atoms with Gasteiger partial charge in [0.15, 0.2) is 11.0 Å². The maximum absolute atomic E-state index is 12.1. The quantitative estimate of drug-likeness (QED) is 0.781. The SMILES string of the molecule is Cn1c(SCC2NS(=O)(=O)N=C3CCCCCN32)nnc1-c1ccccc1. The molecule has 1 aromatic carbocycles. The van der Waals surface area contributed by atoms with Crippen LogP contribution in [0.5, 0.6) is 0 Å². The molecule has 0 bridgehead atoms. The molecule has 1 saturated heterocycles. The Hall–Kier alpha value is -1.91. The van der Waals surface area contributed by atoms with Crippen LogP contribution in [0.3, 0.4) is 0 Å². The molecule has 2 aliphatic heterocycles. The average molecular weight is 407 g/mol. The number of thioether (sulfide) groups is 1. The summed E-state index contributed by atoms with van der Waals surface area (Å²) < 4.78 is 32.8. The zero-order valence-corrected chi connectivity index (χ0v) is 16.7. The molecule has 3 heterocycles. The second-order valence-corrected chi connectivity index (χ2v) is 9.02. The van der Waals surface area contributed by atoms with Gasteiger partial charge >= 0.3 is 10.2 Å². The number of hydrogen-bond donors (Lipinski definition) is 1. The van der Waals surface area contributed by atoms with E-state index in [0.717, 1.165) is 42.4 Å². The van der Waals surface area contributed by atoms with E-state index < -0.39 is 10.2 Å². The number of aromatic nitrogens is 3. The van der Waals surface area contributed by atoms with Gasteiger partial charge in [-0.05, 0) is 12.8 Å². The molecule has 0 saturated carbocycles. The standard InChI is InChI=1S/C17H22N6O2S2/c1-22-16(13-8-4-2-5-9-13)18-19-17(22)26-12-15-21-27(24,25)20-14-10-6-3-7-11-23(14)15/h2,4-5,8-9,15,21H,3,6-7,10-12H2,1H3. The Bertz CT molecular complexity index is 942. The fourth-order valence-electron chi connectivity index (χ4n) is 3.41. The molecule has 2 aliphatic rings. The molecule has 27 heavy (non-hydrogen) atoms. The molecule has 0 aliphatic carbocycles. The lowest BCUT2D eigenvalue weighted by atomic mass is 10.2. The van der Waals surface area contributed by atoms with Gasteiger partial charge < -0.3 is 9.47 Å². The maximum Gasteiger partial charge on any atom is 0.323 e. The van der Waals surface area contributed by atoms with E-state index in [1.807, 2.05) is 41.9 Å². The average Bonchev–Trinajstić information content (AvgIpc) is 2.85. The van der Waals surface area contributed by atoms with Crippen molar-refractivity contribution in [3.8, 4) is 11.4 Å².